The summed E-state index contributed by atoms with van der Waals surface area (Å²) in [5.74, 6) is -0.713. The number of hydrogen-bond donors (Lipinski definition) is 4. The normalized spacial score (nSPS) is 51.9. The Morgan fingerprint density at radius 2 is 1.96 bits per heavy atom. The van der Waals surface area contributed by atoms with Crippen LogP contribution in [-0.2, 0) is 9.59 Å². The second kappa shape index (κ2) is 5.96. The molecule has 150 valence electrons. The molecule has 4 aliphatic rings. The van der Waals surface area contributed by atoms with Crippen molar-refractivity contribution in [2.45, 2.75) is 70.2 Å². The van der Waals surface area contributed by atoms with Crippen LogP contribution in [0, 0.1) is 28.6 Å². The zero-order valence-corrected chi connectivity index (χ0v) is 16.0. The molecule has 0 aromatic rings. The summed E-state index contributed by atoms with van der Waals surface area (Å²) < 4.78 is 0. The predicted octanol–water partition coefficient (Wildman–Crippen LogP) is 0.752. The van der Waals surface area contributed by atoms with Crippen LogP contribution >= 0.6 is 0 Å². The van der Waals surface area contributed by atoms with E-state index in [1.807, 2.05) is 13.8 Å². The van der Waals surface area contributed by atoms with E-state index in [1.165, 1.54) is 0 Å². The van der Waals surface area contributed by atoms with Gasteiger partial charge in [-0.25, -0.2) is 0 Å². The summed E-state index contributed by atoms with van der Waals surface area (Å²) in [5, 5.41) is 42.6. The Kier molecular flexibility index (Phi) is 4.25. The Bertz CT molecular complexity index is 715. The average molecular weight is 378 g/mol. The van der Waals surface area contributed by atoms with Gasteiger partial charge < -0.3 is 20.4 Å². The van der Waals surface area contributed by atoms with Gasteiger partial charge in [-0.3, -0.25) is 9.59 Å². The number of Topliss-reactive ketones (excluding diaryl/α,β-unsaturated/α-hetero) is 1. The fraction of sp³-hybridized carbons (Fsp3) is 0.810. The van der Waals surface area contributed by atoms with Crippen LogP contribution in [0.15, 0.2) is 11.6 Å². The van der Waals surface area contributed by atoms with E-state index in [9.17, 15) is 30.0 Å². The fourth-order valence-electron chi connectivity index (χ4n) is 7.33. The van der Waals surface area contributed by atoms with Gasteiger partial charge >= 0.3 is 0 Å². The summed E-state index contributed by atoms with van der Waals surface area (Å²) in [4.78, 5) is 24.3. The summed E-state index contributed by atoms with van der Waals surface area (Å²) in [7, 11) is 0. The minimum Gasteiger partial charge on any atom is -0.393 e. The van der Waals surface area contributed by atoms with Crippen LogP contribution in [0.1, 0.15) is 52.4 Å². The molecule has 27 heavy (non-hydrogen) atoms. The number of carbonyl (C=O) groups excluding carboxylic acids is 2. The lowest BCUT2D eigenvalue weighted by molar-refractivity contribution is -0.187. The van der Waals surface area contributed by atoms with E-state index in [4.69, 9.17) is 0 Å². The number of hydrogen-bond acceptors (Lipinski definition) is 6. The Morgan fingerprint density at radius 1 is 1.26 bits per heavy atom. The zero-order chi connectivity index (χ0) is 19.8. The molecule has 0 aliphatic heterocycles. The van der Waals surface area contributed by atoms with Crippen LogP contribution in [-0.4, -0.2) is 56.4 Å². The number of carbonyl (C=O) groups is 2. The highest BCUT2D eigenvalue weighted by molar-refractivity contribution is 5.92. The quantitative estimate of drug-likeness (QED) is 0.564. The lowest BCUT2D eigenvalue weighted by atomic mass is 9.45. The average Bonchev–Trinajstić information content (AvgIpc) is 2.87. The van der Waals surface area contributed by atoms with Crippen molar-refractivity contribution in [3.8, 4) is 0 Å². The van der Waals surface area contributed by atoms with E-state index in [-0.39, 0.29) is 36.4 Å². The van der Waals surface area contributed by atoms with Crippen molar-refractivity contribution in [2.24, 2.45) is 28.6 Å². The molecule has 4 N–H and O–H groups in total. The third-order valence-corrected chi connectivity index (χ3v) is 8.67. The number of rotatable bonds is 2. The highest BCUT2D eigenvalue weighted by Gasteiger charge is 2.68. The fourth-order valence-corrected chi connectivity index (χ4v) is 7.33. The van der Waals surface area contributed by atoms with Gasteiger partial charge in [-0.1, -0.05) is 13.8 Å². The number of aliphatic hydroxyl groups is 4. The van der Waals surface area contributed by atoms with E-state index in [1.54, 1.807) is 6.08 Å². The SMILES string of the molecule is C[C@]12CCC(=O)C=C1C(O)C[C@H]1[C@@H]2C(O)C[C@@]2(C)[C@H]1CC[C@]2(O)C(=O)CO. The Balaban J connectivity index is 1.77. The smallest absolute Gasteiger partial charge is 0.190 e. The topological polar surface area (TPSA) is 115 Å². The van der Waals surface area contributed by atoms with Crippen molar-refractivity contribution in [1.29, 1.82) is 0 Å². The van der Waals surface area contributed by atoms with Gasteiger partial charge in [-0.15, -0.1) is 0 Å². The maximum absolute atomic E-state index is 12.4. The van der Waals surface area contributed by atoms with Crippen LogP contribution in [0.3, 0.4) is 0 Å². The standard InChI is InChI=1S/C21H30O6/c1-19-5-3-11(23)7-14(19)15(24)8-12-13-4-6-21(27,17(26)10-22)20(13,2)9-16(25)18(12)19/h7,12-13,15-16,18,22,24-25,27H,3-6,8-10H2,1-2H3/t12-,13+,15?,16?,18-,19+,20+,21+/m1/s1. The Labute approximate surface area is 159 Å². The number of fused-ring (bicyclic) bond motifs is 5. The lowest BCUT2D eigenvalue weighted by Gasteiger charge is -2.61. The second-order valence-electron chi connectivity index (χ2n) is 9.70. The largest absolute Gasteiger partial charge is 0.393 e. The van der Waals surface area contributed by atoms with Crippen LogP contribution in [0.2, 0.25) is 0 Å². The Morgan fingerprint density at radius 3 is 2.63 bits per heavy atom. The molecule has 4 aliphatic carbocycles. The van der Waals surface area contributed by atoms with Crippen molar-refractivity contribution in [3.05, 3.63) is 11.6 Å². The molecule has 6 heteroatoms. The van der Waals surface area contributed by atoms with Crippen LogP contribution in [0.25, 0.3) is 0 Å². The van der Waals surface area contributed by atoms with Gasteiger partial charge in [-0.2, -0.15) is 0 Å². The predicted molar refractivity (Wildman–Crippen MR) is 96.5 cm³/mol. The van der Waals surface area contributed by atoms with Gasteiger partial charge in [-0.05, 0) is 66.9 Å². The molecule has 2 unspecified atom stereocenters. The van der Waals surface area contributed by atoms with Gasteiger partial charge in [0.1, 0.15) is 12.2 Å². The molecule has 0 aromatic carbocycles. The molecule has 0 radical (unpaired) electrons. The van der Waals surface area contributed by atoms with Gasteiger partial charge in [0.2, 0.25) is 0 Å². The molecule has 8 atom stereocenters. The van der Waals surface area contributed by atoms with Gasteiger partial charge in [0.05, 0.1) is 12.2 Å². The third-order valence-electron chi connectivity index (χ3n) is 8.67. The van der Waals surface area contributed by atoms with E-state index in [0.717, 1.165) is 5.57 Å². The van der Waals surface area contributed by atoms with Gasteiger partial charge in [0, 0.05) is 11.8 Å². The molecule has 3 saturated carbocycles. The minimum absolute atomic E-state index is 0.0166. The molecule has 6 nitrogen and oxygen atoms in total. The van der Waals surface area contributed by atoms with Gasteiger partial charge in [0.15, 0.2) is 11.6 Å². The number of ketones is 2. The molecule has 0 amide bonds. The summed E-state index contributed by atoms with van der Waals surface area (Å²) in [6, 6.07) is 0. The lowest BCUT2D eigenvalue weighted by Crippen LogP contribution is -2.63. The van der Waals surface area contributed by atoms with E-state index < -0.39 is 41.0 Å². The second-order valence-corrected chi connectivity index (χ2v) is 9.70. The first-order valence-electron chi connectivity index (χ1n) is 10.1. The Hall–Kier alpha value is -1.08. The van der Waals surface area contributed by atoms with E-state index in [0.29, 0.717) is 25.7 Å². The third kappa shape index (κ3) is 2.33. The summed E-state index contributed by atoms with van der Waals surface area (Å²) in [6.45, 7) is 3.18. The molecule has 0 spiro atoms. The molecule has 4 rings (SSSR count). The van der Waals surface area contributed by atoms with Gasteiger partial charge in [0.25, 0.3) is 0 Å². The van der Waals surface area contributed by atoms with Crippen molar-refractivity contribution in [1.82, 2.24) is 0 Å². The minimum atomic E-state index is -1.64. The maximum atomic E-state index is 12.4. The van der Waals surface area contributed by atoms with Crippen molar-refractivity contribution in [3.63, 3.8) is 0 Å². The van der Waals surface area contributed by atoms with Crippen molar-refractivity contribution in [2.75, 3.05) is 6.61 Å². The highest BCUT2D eigenvalue weighted by Crippen LogP contribution is 2.67. The van der Waals surface area contributed by atoms with Crippen LogP contribution in [0.5, 0.6) is 0 Å². The molecule has 0 aromatic heterocycles. The molecular formula is C21H30O6. The first kappa shape index (κ1) is 19.2. The molecule has 0 heterocycles. The van der Waals surface area contributed by atoms with Crippen LogP contribution in [0.4, 0.5) is 0 Å². The highest BCUT2D eigenvalue weighted by atomic mass is 16.3. The maximum Gasteiger partial charge on any atom is 0.190 e. The number of aliphatic hydroxyl groups excluding tert-OH is 3. The van der Waals surface area contributed by atoms with Crippen molar-refractivity contribution >= 4 is 11.6 Å². The monoisotopic (exact) mass is 378 g/mol. The molecule has 0 bridgehead atoms. The first-order chi connectivity index (χ1) is 12.6. The molecule has 0 saturated heterocycles. The van der Waals surface area contributed by atoms with E-state index >= 15 is 0 Å². The van der Waals surface area contributed by atoms with E-state index in [2.05, 4.69) is 0 Å². The summed E-state index contributed by atoms with van der Waals surface area (Å²) in [6.07, 6.45) is 2.75. The summed E-state index contributed by atoms with van der Waals surface area (Å²) >= 11 is 0. The first-order valence-corrected chi connectivity index (χ1v) is 10.1. The summed E-state index contributed by atoms with van der Waals surface area (Å²) in [5.41, 5.74) is -2.17. The molecular weight excluding hydrogens is 348 g/mol. The van der Waals surface area contributed by atoms with Crippen molar-refractivity contribution < 1.29 is 30.0 Å². The molecule has 3 fully saturated rings. The zero-order valence-electron chi connectivity index (χ0n) is 16.0. The van der Waals surface area contributed by atoms with Crippen LogP contribution < -0.4 is 0 Å².